The fourth-order valence-corrected chi connectivity index (χ4v) is 0.754. The summed E-state index contributed by atoms with van der Waals surface area (Å²) in [5, 5.41) is 0. The van der Waals surface area contributed by atoms with Gasteiger partial charge in [0.1, 0.15) is 0 Å². The summed E-state index contributed by atoms with van der Waals surface area (Å²) in [6.45, 7) is 2.39. The molecule has 3 nitrogen and oxygen atoms in total. The van der Waals surface area contributed by atoms with Gasteiger partial charge in [-0.05, 0) is 0 Å². The van der Waals surface area contributed by atoms with E-state index < -0.39 is 0 Å². The third kappa shape index (κ3) is 6.14. The number of carbonyl (C=O) groups excluding carboxylic acids is 2. The fraction of sp³-hybridized carbons (Fsp3) is 0.667. The molecule has 0 bridgehead atoms. The summed E-state index contributed by atoms with van der Waals surface area (Å²) in [6.07, 6.45) is -0.000000000000000222. The zero-order chi connectivity index (χ0) is 7.98. The van der Waals surface area contributed by atoms with Gasteiger partial charge >= 0.3 is 71.2 Å². The van der Waals surface area contributed by atoms with E-state index in [1.54, 1.807) is 6.92 Å². The van der Waals surface area contributed by atoms with Crippen LogP contribution in [0.1, 0.15) is 13.3 Å². The molecule has 0 spiro atoms. The third-order valence-electron chi connectivity index (χ3n) is 0.825. The molecule has 0 aliphatic rings. The van der Waals surface area contributed by atoms with Gasteiger partial charge in [-0.15, -0.1) is 0 Å². The molecule has 0 aliphatic carbocycles. The van der Waals surface area contributed by atoms with Crippen molar-refractivity contribution in [2.24, 2.45) is 0 Å². The van der Waals surface area contributed by atoms with Crippen molar-refractivity contribution in [3.63, 3.8) is 0 Å². The molecule has 0 saturated heterocycles. The summed E-state index contributed by atoms with van der Waals surface area (Å²) in [7, 11) is 0. The Morgan fingerprint density at radius 1 is 1.50 bits per heavy atom. The zero-order valence-corrected chi connectivity index (χ0v) is 7.41. The van der Waals surface area contributed by atoms with Gasteiger partial charge in [-0.25, -0.2) is 0 Å². The van der Waals surface area contributed by atoms with Crippen LogP contribution in [0.4, 0.5) is 0 Å². The van der Waals surface area contributed by atoms with Crippen molar-refractivity contribution in [2.75, 3.05) is 13.2 Å². The van der Waals surface area contributed by atoms with Crippen LogP contribution in [-0.2, 0) is 34.8 Å². The molecule has 0 rings (SSSR count). The van der Waals surface area contributed by atoms with Gasteiger partial charge in [0.05, 0.1) is 0 Å². The van der Waals surface area contributed by atoms with Crippen molar-refractivity contribution >= 4 is 9.87 Å². The Morgan fingerprint density at radius 3 is 2.50 bits per heavy atom. The number of carbonyl (C=O) groups is 2. The molecule has 0 N–H and O–H groups in total. The second-order valence-corrected chi connectivity index (χ2v) is 2.65. The van der Waals surface area contributed by atoms with Gasteiger partial charge in [-0.1, -0.05) is 0 Å². The molecule has 4 heteroatoms. The van der Waals surface area contributed by atoms with Gasteiger partial charge in [0.25, 0.3) is 0 Å². The molecular weight excluding hydrogens is 168 g/mol. The van der Waals surface area contributed by atoms with Crippen LogP contribution in [0.15, 0.2) is 0 Å². The quantitative estimate of drug-likeness (QED) is 0.440. The van der Waals surface area contributed by atoms with Crippen LogP contribution in [0.2, 0.25) is 0 Å². The summed E-state index contributed by atoms with van der Waals surface area (Å²) in [5.41, 5.74) is 0. The van der Waals surface area contributed by atoms with Gasteiger partial charge in [0.2, 0.25) is 0 Å². The Labute approximate surface area is 71.5 Å². The van der Waals surface area contributed by atoms with Crippen LogP contribution in [-0.4, -0.2) is 23.1 Å². The Bertz CT molecular complexity index is 133. The average molecular weight is 177 g/mol. The number of hydrogen-bond acceptors (Lipinski definition) is 3. The molecular formula is C6H9O3Ti. The van der Waals surface area contributed by atoms with E-state index in [0.717, 1.165) is 0 Å². The number of hydrogen-bond donors (Lipinski definition) is 0. The number of rotatable bonds is 5. The Morgan fingerprint density at radius 2 is 2.10 bits per heavy atom. The topological polar surface area (TPSA) is 43.4 Å². The normalized spacial score (nSPS) is 9.20. The van der Waals surface area contributed by atoms with Gasteiger partial charge in [0.15, 0.2) is 0 Å². The molecule has 0 unspecified atom stereocenters. The maximum absolute atomic E-state index is 10.7. The van der Waals surface area contributed by atoms with Crippen molar-refractivity contribution in [3.05, 3.63) is 0 Å². The van der Waals surface area contributed by atoms with Crippen LogP contribution >= 0.6 is 0 Å². The van der Waals surface area contributed by atoms with Crippen LogP contribution in [0, 0.1) is 0 Å². The summed E-state index contributed by atoms with van der Waals surface area (Å²) >= 11 is 1.39. The predicted octanol–water partition coefficient (Wildman–Crippen LogP) is 0.0555. The van der Waals surface area contributed by atoms with Crippen molar-refractivity contribution in [1.29, 1.82) is 0 Å². The molecule has 0 aromatic carbocycles. The fourth-order valence-electron chi connectivity index (χ4n) is 0.446. The van der Waals surface area contributed by atoms with E-state index in [0.29, 0.717) is 6.61 Å². The minimum atomic E-state index is -0.144. The van der Waals surface area contributed by atoms with E-state index in [1.165, 1.54) is 20.4 Å². The van der Waals surface area contributed by atoms with E-state index in [-0.39, 0.29) is 22.9 Å². The summed E-state index contributed by atoms with van der Waals surface area (Å²) < 4.78 is 4.69. The first-order valence-electron chi connectivity index (χ1n) is 3.00. The molecule has 0 fully saturated rings. The van der Waals surface area contributed by atoms with Crippen LogP contribution < -0.4 is 0 Å². The second-order valence-electron chi connectivity index (χ2n) is 1.78. The van der Waals surface area contributed by atoms with E-state index in [2.05, 4.69) is 0 Å². The van der Waals surface area contributed by atoms with Crippen molar-refractivity contribution in [1.82, 2.24) is 0 Å². The molecule has 0 aliphatic heterocycles. The van der Waals surface area contributed by atoms with E-state index in [1.807, 2.05) is 0 Å². The average Bonchev–Trinajstić information content (AvgIpc) is 1.82. The first-order valence-corrected chi connectivity index (χ1v) is 3.78. The van der Waals surface area contributed by atoms with Gasteiger partial charge in [-0.3, -0.25) is 0 Å². The molecule has 0 radical (unpaired) electrons. The second kappa shape index (κ2) is 5.77. The van der Waals surface area contributed by atoms with Crippen molar-refractivity contribution in [3.8, 4) is 0 Å². The Kier molecular flexibility index (Phi) is 5.78. The predicted molar refractivity (Wildman–Crippen MR) is 31.1 cm³/mol. The summed E-state index contributed by atoms with van der Waals surface area (Å²) in [6, 6.07) is 0. The minimum absolute atomic E-state index is 0.000000000000000222. The van der Waals surface area contributed by atoms with E-state index >= 15 is 0 Å². The van der Waals surface area contributed by atoms with Crippen LogP contribution in [0.5, 0.6) is 0 Å². The molecule has 0 saturated carbocycles. The van der Waals surface area contributed by atoms with Crippen molar-refractivity contribution in [2.45, 2.75) is 13.3 Å². The Balaban J connectivity index is 3.35. The molecule has 0 aromatic rings. The standard InChI is InChI=1S/C6H9O3.Ti/c1-2-9-5-6(8)3-4-7;/h2-3,5H2,1H3;. The first kappa shape index (κ1) is 10.0. The van der Waals surface area contributed by atoms with Crippen molar-refractivity contribution < 1.29 is 34.8 Å². The zero-order valence-electron chi connectivity index (χ0n) is 5.85. The maximum atomic E-state index is 10.7. The van der Waals surface area contributed by atoms with Gasteiger partial charge < -0.3 is 0 Å². The Hall–Kier alpha value is 0.0143. The van der Waals surface area contributed by atoms with Gasteiger partial charge in [0, 0.05) is 0 Å². The van der Waals surface area contributed by atoms with Gasteiger partial charge in [-0.2, -0.15) is 0 Å². The molecule has 0 amide bonds. The number of ketones is 1. The molecule has 55 valence electrons. The number of ether oxygens (including phenoxy) is 1. The molecule has 10 heavy (non-hydrogen) atoms. The van der Waals surface area contributed by atoms with Crippen LogP contribution in [0.3, 0.4) is 0 Å². The molecule has 0 atom stereocenters. The third-order valence-corrected chi connectivity index (χ3v) is 1.10. The van der Waals surface area contributed by atoms with Crippen LogP contribution in [0.25, 0.3) is 0 Å². The molecule has 0 aromatic heterocycles. The SMILES string of the molecule is CCOCC(=O)C[C](=O)[Ti]. The monoisotopic (exact) mass is 177 g/mol. The summed E-state index contributed by atoms with van der Waals surface area (Å²) in [5.74, 6) is -0.144. The first-order chi connectivity index (χ1) is 4.66. The number of Topliss-reactive ketones (excluding diaryl/α,β-unsaturated/α-hetero) is 1. The van der Waals surface area contributed by atoms with E-state index in [4.69, 9.17) is 4.74 Å². The van der Waals surface area contributed by atoms with E-state index in [9.17, 15) is 9.59 Å². The summed E-state index contributed by atoms with van der Waals surface area (Å²) in [4.78, 5) is 21.0. The molecule has 0 heterocycles.